The SMILES string of the molecule is Cc1ccc(C2(O)CCN(C(=O)C[C@@H]3C=CS(=O)(=O)C3)CC2)nc1. The lowest BCUT2D eigenvalue weighted by Crippen LogP contribution is -2.45. The minimum atomic E-state index is -3.13. The zero-order valence-corrected chi connectivity index (χ0v) is 14.5. The van der Waals surface area contributed by atoms with Gasteiger partial charge in [-0.15, -0.1) is 0 Å². The first-order valence-corrected chi connectivity index (χ1v) is 9.83. The van der Waals surface area contributed by atoms with Crippen molar-refractivity contribution in [2.45, 2.75) is 31.8 Å². The Morgan fingerprint density at radius 2 is 2.08 bits per heavy atom. The van der Waals surface area contributed by atoms with Crippen LogP contribution in [0.2, 0.25) is 0 Å². The van der Waals surface area contributed by atoms with Crippen LogP contribution in [0.15, 0.2) is 29.8 Å². The fourth-order valence-corrected chi connectivity index (χ4v) is 4.64. The quantitative estimate of drug-likeness (QED) is 0.883. The van der Waals surface area contributed by atoms with E-state index in [2.05, 4.69) is 4.98 Å². The van der Waals surface area contributed by atoms with Crippen molar-refractivity contribution in [2.24, 2.45) is 5.92 Å². The lowest BCUT2D eigenvalue weighted by atomic mass is 9.87. The highest BCUT2D eigenvalue weighted by Crippen LogP contribution is 2.32. The van der Waals surface area contributed by atoms with Gasteiger partial charge in [-0.25, -0.2) is 8.42 Å². The van der Waals surface area contributed by atoms with Gasteiger partial charge in [0.1, 0.15) is 5.60 Å². The summed E-state index contributed by atoms with van der Waals surface area (Å²) >= 11 is 0. The monoisotopic (exact) mass is 350 g/mol. The molecule has 3 heterocycles. The Kier molecular flexibility index (Phi) is 4.48. The number of pyridine rings is 1. The van der Waals surface area contributed by atoms with E-state index in [0.29, 0.717) is 31.6 Å². The lowest BCUT2D eigenvalue weighted by molar-refractivity contribution is -0.136. The van der Waals surface area contributed by atoms with Crippen molar-refractivity contribution in [1.82, 2.24) is 9.88 Å². The molecule has 0 saturated carbocycles. The lowest BCUT2D eigenvalue weighted by Gasteiger charge is -2.38. The molecule has 1 atom stereocenters. The second-order valence-corrected chi connectivity index (χ2v) is 8.69. The molecule has 1 aromatic heterocycles. The van der Waals surface area contributed by atoms with Crippen molar-refractivity contribution in [3.8, 4) is 0 Å². The first-order valence-electron chi connectivity index (χ1n) is 8.12. The Hall–Kier alpha value is -1.73. The zero-order chi connectivity index (χ0) is 17.4. The molecule has 1 aromatic rings. The molecule has 3 rings (SSSR count). The topological polar surface area (TPSA) is 87.6 Å². The van der Waals surface area contributed by atoms with Gasteiger partial charge in [-0.3, -0.25) is 9.78 Å². The minimum absolute atomic E-state index is 0.0177. The van der Waals surface area contributed by atoms with Crippen LogP contribution < -0.4 is 0 Å². The van der Waals surface area contributed by atoms with Crippen LogP contribution in [0.25, 0.3) is 0 Å². The zero-order valence-electron chi connectivity index (χ0n) is 13.7. The molecule has 0 spiro atoms. The molecule has 1 saturated heterocycles. The van der Waals surface area contributed by atoms with E-state index in [4.69, 9.17) is 0 Å². The molecule has 1 fully saturated rings. The van der Waals surface area contributed by atoms with Crippen LogP contribution in [0.3, 0.4) is 0 Å². The molecule has 2 aliphatic rings. The number of hydrogen-bond donors (Lipinski definition) is 1. The smallest absolute Gasteiger partial charge is 0.223 e. The summed E-state index contributed by atoms with van der Waals surface area (Å²) in [5, 5.41) is 12.0. The number of sulfone groups is 1. The van der Waals surface area contributed by atoms with Gasteiger partial charge in [0.2, 0.25) is 5.91 Å². The summed E-state index contributed by atoms with van der Waals surface area (Å²) < 4.78 is 22.8. The molecule has 2 aliphatic heterocycles. The minimum Gasteiger partial charge on any atom is -0.383 e. The Labute approximate surface area is 142 Å². The first-order chi connectivity index (χ1) is 11.3. The van der Waals surface area contributed by atoms with Gasteiger partial charge in [-0.1, -0.05) is 12.1 Å². The molecule has 7 heteroatoms. The van der Waals surface area contributed by atoms with Gasteiger partial charge in [0.25, 0.3) is 0 Å². The fraction of sp³-hybridized carbons (Fsp3) is 0.529. The van der Waals surface area contributed by atoms with Crippen molar-refractivity contribution in [3.63, 3.8) is 0 Å². The van der Waals surface area contributed by atoms with Crippen LogP contribution in [0, 0.1) is 12.8 Å². The number of aryl methyl sites for hydroxylation is 1. The summed E-state index contributed by atoms with van der Waals surface area (Å²) in [5.41, 5.74) is 0.681. The highest BCUT2D eigenvalue weighted by atomic mass is 32.2. The number of aliphatic hydroxyl groups is 1. The number of nitrogens with zero attached hydrogens (tertiary/aromatic N) is 2. The predicted molar refractivity (Wildman–Crippen MR) is 89.7 cm³/mol. The van der Waals surface area contributed by atoms with Crippen LogP contribution in [-0.4, -0.2) is 48.2 Å². The second-order valence-electron chi connectivity index (χ2n) is 6.76. The van der Waals surface area contributed by atoms with Crippen molar-refractivity contribution in [1.29, 1.82) is 0 Å². The maximum absolute atomic E-state index is 12.4. The number of hydrogen-bond acceptors (Lipinski definition) is 5. The third-order valence-electron chi connectivity index (χ3n) is 4.77. The number of piperidine rings is 1. The van der Waals surface area contributed by atoms with Gasteiger partial charge < -0.3 is 10.0 Å². The maximum atomic E-state index is 12.4. The normalized spacial score (nSPS) is 24.9. The van der Waals surface area contributed by atoms with Crippen LogP contribution in [0.1, 0.15) is 30.5 Å². The van der Waals surface area contributed by atoms with Crippen LogP contribution in [0.4, 0.5) is 0 Å². The Morgan fingerprint density at radius 3 is 2.62 bits per heavy atom. The predicted octanol–water partition coefficient (Wildman–Crippen LogP) is 1.15. The van der Waals surface area contributed by atoms with Crippen molar-refractivity contribution < 1.29 is 18.3 Å². The maximum Gasteiger partial charge on any atom is 0.223 e. The van der Waals surface area contributed by atoms with E-state index < -0.39 is 15.4 Å². The molecule has 1 amide bonds. The van der Waals surface area contributed by atoms with Gasteiger partial charge in [0.05, 0.1) is 11.4 Å². The van der Waals surface area contributed by atoms with Gasteiger partial charge >= 0.3 is 0 Å². The number of amides is 1. The molecule has 130 valence electrons. The van der Waals surface area contributed by atoms with Crippen LogP contribution >= 0.6 is 0 Å². The molecule has 0 bridgehead atoms. The Bertz CT molecular complexity index is 747. The number of aromatic nitrogens is 1. The number of rotatable bonds is 3. The highest BCUT2D eigenvalue weighted by Gasteiger charge is 2.37. The molecule has 0 radical (unpaired) electrons. The summed E-state index contributed by atoms with van der Waals surface area (Å²) in [7, 11) is -3.13. The van der Waals surface area contributed by atoms with E-state index in [1.54, 1.807) is 17.2 Å². The van der Waals surface area contributed by atoms with Crippen molar-refractivity contribution in [2.75, 3.05) is 18.8 Å². The third-order valence-corrected chi connectivity index (χ3v) is 6.24. The number of carbonyl (C=O) groups excluding carboxylic acids is 1. The Balaban J connectivity index is 1.57. The molecule has 0 aromatic carbocycles. The van der Waals surface area contributed by atoms with E-state index in [-0.39, 0.29) is 24.0 Å². The summed E-state index contributed by atoms with van der Waals surface area (Å²) in [5.74, 6) is -0.271. The summed E-state index contributed by atoms with van der Waals surface area (Å²) in [6, 6.07) is 3.76. The molecule has 1 N–H and O–H groups in total. The van der Waals surface area contributed by atoms with E-state index in [1.165, 1.54) is 5.41 Å². The molecule has 0 aliphatic carbocycles. The van der Waals surface area contributed by atoms with Gasteiger partial charge in [0, 0.05) is 37.0 Å². The number of likely N-dealkylation sites (tertiary alicyclic amines) is 1. The Morgan fingerprint density at radius 1 is 1.38 bits per heavy atom. The second kappa shape index (κ2) is 6.29. The number of allylic oxidation sites excluding steroid dienone is 1. The molecule has 0 unspecified atom stereocenters. The van der Waals surface area contributed by atoms with E-state index >= 15 is 0 Å². The van der Waals surface area contributed by atoms with Crippen molar-refractivity contribution in [3.05, 3.63) is 41.1 Å². The van der Waals surface area contributed by atoms with Crippen molar-refractivity contribution >= 4 is 15.7 Å². The largest absolute Gasteiger partial charge is 0.383 e. The summed E-state index contributed by atoms with van der Waals surface area (Å²) in [6.07, 6.45) is 4.42. The van der Waals surface area contributed by atoms with E-state index in [1.807, 2.05) is 19.1 Å². The average Bonchev–Trinajstić information content (AvgIpc) is 2.87. The summed E-state index contributed by atoms with van der Waals surface area (Å²) in [4.78, 5) is 18.4. The molecular formula is C17H22N2O4S. The van der Waals surface area contributed by atoms with Gasteiger partial charge in [-0.05, 0) is 31.4 Å². The van der Waals surface area contributed by atoms with E-state index in [0.717, 1.165) is 5.56 Å². The molecule has 24 heavy (non-hydrogen) atoms. The average molecular weight is 350 g/mol. The van der Waals surface area contributed by atoms with Crippen LogP contribution in [-0.2, 0) is 20.2 Å². The number of carbonyl (C=O) groups is 1. The van der Waals surface area contributed by atoms with E-state index in [9.17, 15) is 18.3 Å². The molecule has 6 nitrogen and oxygen atoms in total. The van der Waals surface area contributed by atoms with Crippen LogP contribution in [0.5, 0.6) is 0 Å². The van der Waals surface area contributed by atoms with Gasteiger partial charge in [0.15, 0.2) is 9.84 Å². The standard InChI is InChI=1S/C17H22N2O4S/c1-13-2-3-15(18-11-13)17(21)5-7-19(8-6-17)16(20)10-14-4-9-24(22,23)12-14/h2-4,9,11,14,21H,5-8,10,12H2,1H3/t14-/m0/s1. The first kappa shape index (κ1) is 17.1. The molecular weight excluding hydrogens is 328 g/mol. The fourth-order valence-electron chi connectivity index (χ4n) is 3.25. The highest BCUT2D eigenvalue weighted by molar-refractivity contribution is 7.94. The third kappa shape index (κ3) is 3.67. The summed E-state index contributed by atoms with van der Waals surface area (Å²) in [6.45, 7) is 2.85. The van der Waals surface area contributed by atoms with Gasteiger partial charge in [-0.2, -0.15) is 0 Å².